The van der Waals surface area contributed by atoms with Crippen LogP contribution in [0.1, 0.15) is 40.5 Å². The highest BCUT2D eigenvalue weighted by molar-refractivity contribution is 4.99. The van der Waals surface area contributed by atoms with E-state index in [2.05, 4.69) is 37.5 Å². The van der Waals surface area contributed by atoms with Gasteiger partial charge in [0.15, 0.2) is 0 Å². The minimum atomic E-state index is -0.436. The van der Waals surface area contributed by atoms with Gasteiger partial charge in [-0.1, -0.05) is 13.8 Å². The lowest BCUT2D eigenvalue weighted by Crippen LogP contribution is -2.68. The maximum Gasteiger partial charge on any atom is 0.103 e. The van der Waals surface area contributed by atoms with Crippen LogP contribution in [0.15, 0.2) is 0 Å². The van der Waals surface area contributed by atoms with Gasteiger partial charge < -0.3 is 10.0 Å². The van der Waals surface area contributed by atoms with Crippen LogP contribution >= 0.6 is 0 Å². The van der Waals surface area contributed by atoms with E-state index in [1.54, 1.807) is 0 Å². The van der Waals surface area contributed by atoms with E-state index in [9.17, 15) is 5.11 Å². The van der Waals surface area contributed by atoms with Crippen molar-refractivity contribution in [1.82, 2.24) is 9.80 Å². The number of β-amino-alcohol motifs (C(OH)–C–C–N with tert-alkyl or cyclic N) is 1. The third kappa shape index (κ3) is 3.25. The SMILES string of the molecule is CC(C)C1CCN(CC2(O)CN(C(C)C)C2)CC1. The first-order valence-corrected chi connectivity index (χ1v) is 7.58. The zero-order valence-corrected chi connectivity index (χ0v) is 12.5. The number of nitrogens with zero attached hydrogens (tertiary/aromatic N) is 2. The summed E-state index contributed by atoms with van der Waals surface area (Å²) < 4.78 is 0. The average molecular weight is 254 g/mol. The standard InChI is InChI=1S/C15H30N2O/c1-12(2)14-5-7-16(8-6-14)9-15(18)10-17(11-15)13(3)4/h12-14,18H,5-11H2,1-4H3. The summed E-state index contributed by atoms with van der Waals surface area (Å²) in [4.78, 5) is 4.82. The van der Waals surface area contributed by atoms with E-state index >= 15 is 0 Å². The van der Waals surface area contributed by atoms with E-state index in [4.69, 9.17) is 0 Å². The van der Waals surface area contributed by atoms with Crippen LogP contribution in [0.5, 0.6) is 0 Å². The summed E-state index contributed by atoms with van der Waals surface area (Å²) in [7, 11) is 0. The van der Waals surface area contributed by atoms with Gasteiger partial charge in [0.1, 0.15) is 5.60 Å². The van der Waals surface area contributed by atoms with Gasteiger partial charge in [-0.05, 0) is 51.6 Å². The molecule has 0 amide bonds. The Morgan fingerprint density at radius 1 is 1.11 bits per heavy atom. The molecule has 2 saturated heterocycles. The van der Waals surface area contributed by atoms with E-state index < -0.39 is 5.60 Å². The summed E-state index contributed by atoms with van der Waals surface area (Å²) in [6.07, 6.45) is 2.61. The molecular formula is C15H30N2O. The molecular weight excluding hydrogens is 224 g/mol. The zero-order valence-electron chi connectivity index (χ0n) is 12.5. The second kappa shape index (κ2) is 5.48. The van der Waals surface area contributed by atoms with Gasteiger partial charge in [-0.3, -0.25) is 4.90 Å². The third-order valence-corrected chi connectivity index (χ3v) is 4.82. The number of aliphatic hydroxyl groups is 1. The molecule has 0 saturated carbocycles. The molecule has 0 atom stereocenters. The molecule has 0 bridgehead atoms. The number of hydrogen-bond acceptors (Lipinski definition) is 3. The number of likely N-dealkylation sites (tertiary alicyclic amines) is 2. The summed E-state index contributed by atoms with van der Waals surface area (Å²) in [5.74, 6) is 1.71. The molecule has 2 rings (SSSR count). The average Bonchev–Trinajstić information content (AvgIpc) is 2.26. The fraction of sp³-hybridized carbons (Fsp3) is 1.00. The highest BCUT2D eigenvalue weighted by Gasteiger charge is 2.43. The summed E-state index contributed by atoms with van der Waals surface area (Å²) in [6.45, 7) is 14.0. The zero-order chi connectivity index (χ0) is 13.3. The van der Waals surface area contributed by atoms with Crippen LogP contribution in [0.2, 0.25) is 0 Å². The van der Waals surface area contributed by atoms with Gasteiger partial charge in [-0.15, -0.1) is 0 Å². The van der Waals surface area contributed by atoms with Gasteiger partial charge in [0.2, 0.25) is 0 Å². The largest absolute Gasteiger partial charge is 0.386 e. The topological polar surface area (TPSA) is 26.7 Å². The fourth-order valence-corrected chi connectivity index (χ4v) is 3.37. The summed E-state index contributed by atoms with van der Waals surface area (Å²) in [5.41, 5.74) is -0.436. The minimum absolute atomic E-state index is 0.436. The molecule has 0 aromatic carbocycles. The molecule has 0 unspecified atom stereocenters. The van der Waals surface area contributed by atoms with Crippen molar-refractivity contribution in [3.8, 4) is 0 Å². The Morgan fingerprint density at radius 2 is 1.67 bits per heavy atom. The van der Waals surface area contributed by atoms with E-state index in [0.717, 1.165) is 31.5 Å². The van der Waals surface area contributed by atoms with Gasteiger partial charge in [-0.25, -0.2) is 0 Å². The Hall–Kier alpha value is -0.120. The smallest absolute Gasteiger partial charge is 0.103 e. The third-order valence-electron chi connectivity index (χ3n) is 4.82. The van der Waals surface area contributed by atoms with Crippen LogP contribution in [-0.4, -0.2) is 59.3 Å². The van der Waals surface area contributed by atoms with Crippen molar-refractivity contribution in [2.45, 2.75) is 52.2 Å². The van der Waals surface area contributed by atoms with Crippen molar-refractivity contribution in [2.24, 2.45) is 11.8 Å². The van der Waals surface area contributed by atoms with Crippen molar-refractivity contribution in [1.29, 1.82) is 0 Å². The summed E-state index contributed by atoms with van der Waals surface area (Å²) in [6, 6.07) is 0.567. The molecule has 2 aliphatic heterocycles. The molecule has 3 heteroatoms. The molecule has 0 radical (unpaired) electrons. The number of piperidine rings is 1. The van der Waals surface area contributed by atoms with Crippen LogP contribution in [0.3, 0.4) is 0 Å². The van der Waals surface area contributed by atoms with Crippen molar-refractivity contribution >= 4 is 0 Å². The number of rotatable bonds is 4. The molecule has 1 N–H and O–H groups in total. The highest BCUT2D eigenvalue weighted by Crippen LogP contribution is 2.28. The summed E-state index contributed by atoms with van der Waals surface area (Å²) in [5, 5.41) is 10.5. The van der Waals surface area contributed by atoms with Crippen LogP contribution in [0, 0.1) is 11.8 Å². The lowest BCUT2D eigenvalue weighted by Gasteiger charge is -2.51. The van der Waals surface area contributed by atoms with E-state index in [0.29, 0.717) is 6.04 Å². The Balaban J connectivity index is 1.72. The molecule has 18 heavy (non-hydrogen) atoms. The van der Waals surface area contributed by atoms with Gasteiger partial charge in [-0.2, -0.15) is 0 Å². The summed E-state index contributed by atoms with van der Waals surface area (Å²) >= 11 is 0. The van der Waals surface area contributed by atoms with E-state index in [1.165, 1.54) is 25.9 Å². The Labute approximate surface area is 112 Å². The van der Waals surface area contributed by atoms with Gasteiger partial charge in [0.25, 0.3) is 0 Å². The maximum absolute atomic E-state index is 10.5. The van der Waals surface area contributed by atoms with E-state index in [1.807, 2.05) is 0 Å². The van der Waals surface area contributed by atoms with Crippen LogP contribution < -0.4 is 0 Å². The minimum Gasteiger partial charge on any atom is -0.386 e. The second-order valence-corrected chi connectivity index (χ2v) is 7.08. The van der Waals surface area contributed by atoms with Gasteiger partial charge >= 0.3 is 0 Å². The van der Waals surface area contributed by atoms with Crippen molar-refractivity contribution < 1.29 is 5.11 Å². The van der Waals surface area contributed by atoms with Crippen molar-refractivity contribution in [3.05, 3.63) is 0 Å². The molecule has 0 aliphatic carbocycles. The molecule has 2 aliphatic rings. The lowest BCUT2D eigenvalue weighted by molar-refractivity contribution is -0.127. The molecule has 2 fully saturated rings. The molecule has 0 spiro atoms. The fourth-order valence-electron chi connectivity index (χ4n) is 3.37. The van der Waals surface area contributed by atoms with Gasteiger partial charge in [0, 0.05) is 25.7 Å². The predicted octanol–water partition coefficient (Wildman–Crippen LogP) is 1.81. The van der Waals surface area contributed by atoms with Gasteiger partial charge in [0.05, 0.1) is 0 Å². The normalized spacial score (nSPS) is 26.8. The first-order chi connectivity index (χ1) is 8.39. The first-order valence-electron chi connectivity index (χ1n) is 7.58. The van der Waals surface area contributed by atoms with Crippen molar-refractivity contribution in [3.63, 3.8) is 0 Å². The maximum atomic E-state index is 10.5. The van der Waals surface area contributed by atoms with Crippen LogP contribution in [-0.2, 0) is 0 Å². The Bertz CT molecular complexity index is 264. The molecule has 0 aromatic heterocycles. The Morgan fingerprint density at radius 3 is 2.11 bits per heavy atom. The quantitative estimate of drug-likeness (QED) is 0.829. The second-order valence-electron chi connectivity index (χ2n) is 7.08. The predicted molar refractivity (Wildman–Crippen MR) is 75.7 cm³/mol. The van der Waals surface area contributed by atoms with Crippen LogP contribution in [0.25, 0.3) is 0 Å². The Kier molecular flexibility index (Phi) is 4.35. The lowest BCUT2D eigenvalue weighted by atomic mass is 9.85. The van der Waals surface area contributed by atoms with E-state index in [-0.39, 0.29) is 0 Å². The monoisotopic (exact) mass is 254 g/mol. The number of hydrogen-bond donors (Lipinski definition) is 1. The highest BCUT2D eigenvalue weighted by atomic mass is 16.3. The molecule has 0 aromatic rings. The van der Waals surface area contributed by atoms with Crippen molar-refractivity contribution in [2.75, 3.05) is 32.7 Å². The molecule has 106 valence electrons. The molecule has 3 nitrogen and oxygen atoms in total. The first kappa shape index (κ1) is 14.3. The van der Waals surface area contributed by atoms with Crippen LogP contribution in [0.4, 0.5) is 0 Å². The molecule has 2 heterocycles.